The Bertz CT molecular complexity index is 62.1. The average molecular weight is 152 g/mol. The van der Waals surface area contributed by atoms with Gasteiger partial charge < -0.3 is 11.1 Å². The molecule has 48 valence electrons. The maximum Gasteiger partial charge on any atom is 1.00 e. The Kier molecular flexibility index (Phi) is 7.36. The van der Waals surface area contributed by atoms with E-state index in [-0.39, 0.29) is 51.4 Å². The first-order valence-electron chi connectivity index (χ1n) is 3.27. The zero-order valence-corrected chi connectivity index (χ0v) is 9.26. The van der Waals surface area contributed by atoms with Crippen LogP contribution in [0.4, 0.5) is 0 Å². The van der Waals surface area contributed by atoms with Crippen LogP contribution in [0, 0.1) is 5.92 Å². The summed E-state index contributed by atoms with van der Waals surface area (Å²) in [6.07, 6.45) is 2.44. The molecule has 0 unspecified atom stereocenters. The predicted octanol–water partition coefficient (Wildman–Crippen LogP) is -2.27. The molecule has 1 aliphatic rings. The molecule has 1 fully saturated rings. The maximum absolute atomic E-state index is 5.46. The summed E-state index contributed by atoms with van der Waals surface area (Å²) in [5.74, 6) is 0.771. The summed E-state index contributed by atoms with van der Waals surface area (Å²) in [6.45, 7) is 2.94. The molecule has 1 saturated heterocycles. The first-order valence-corrected chi connectivity index (χ1v) is 3.27. The summed E-state index contributed by atoms with van der Waals surface area (Å²) in [4.78, 5) is 0. The molecule has 1 aliphatic heterocycles. The van der Waals surface area contributed by atoms with E-state index >= 15 is 0 Å². The monoisotopic (exact) mass is 152 g/mol. The Morgan fingerprint density at radius 3 is 2.22 bits per heavy atom. The molecule has 2 N–H and O–H groups in total. The van der Waals surface area contributed by atoms with Crippen LogP contribution in [0.3, 0.4) is 0 Å². The zero-order chi connectivity index (χ0) is 5.82. The molecule has 0 aromatic rings. The first-order chi connectivity index (χ1) is 3.93. The van der Waals surface area contributed by atoms with Crippen LogP contribution in [0.1, 0.15) is 12.8 Å². The van der Waals surface area contributed by atoms with Crippen molar-refractivity contribution in [2.75, 3.05) is 19.6 Å². The van der Waals surface area contributed by atoms with Gasteiger partial charge >= 0.3 is 51.4 Å². The van der Waals surface area contributed by atoms with Gasteiger partial charge in [-0.2, -0.15) is 0 Å². The van der Waals surface area contributed by atoms with E-state index in [0.29, 0.717) is 0 Å². The van der Waals surface area contributed by atoms with Crippen molar-refractivity contribution in [1.82, 2.24) is 0 Å². The molecule has 0 aromatic carbocycles. The molecule has 0 aliphatic carbocycles. The van der Waals surface area contributed by atoms with Gasteiger partial charge in [0.25, 0.3) is 0 Å². The van der Waals surface area contributed by atoms with Crippen molar-refractivity contribution < 1.29 is 51.4 Å². The van der Waals surface area contributed by atoms with E-state index in [9.17, 15) is 0 Å². The van der Waals surface area contributed by atoms with Crippen molar-refractivity contribution >= 4 is 0 Å². The molecular weight excluding hydrogens is 139 g/mol. The van der Waals surface area contributed by atoms with E-state index in [1.54, 1.807) is 0 Å². The van der Waals surface area contributed by atoms with E-state index in [2.05, 4.69) is 5.32 Å². The van der Waals surface area contributed by atoms with Gasteiger partial charge in [-0.3, -0.25) is 0 Å². The van der Waals surface area contributed by atoms with Gasteiger partial charge in [-0.15, -0.1) is 13.1 Å². The molecule has 0 aromatic heterocycles. The van der Waals surface area contributed by atoms with E-state index in [1.807, 2.05) is 0 Å². The van der Waals surface area contributed by atoms with E-state index in [1.165, 1.54) is 12.8 Å². The maximum atomic E-state index is 5.46. The SMILES string of the molecule is NCC1CC[N-]CC1.[K+]. The Labute approximate surface area is 99.4 Å². The van der Waals surface area contributed by atoms with Gasteiger partial charge in [-0.25, -0.2) is 0 Å². The number of hydrogen-bond acceptors (Lipinski definition) is 1. The predicted molar refractivity (Wildman–Crippen MR) is 34.9 cm³/mol. The molecular formula is C6H13KN2. The van der Waals surface area contributed by atoms with E-state index < -0.39 is 0 Å². The first kappa shape index (κ1) is 10.6. The van der Waals surface area contributed by atoms with Crippen LogP contribution < -0.4 is 57.1 Å². The smallest absolute Gasteiger partial charge is 0.662 e. The molecule has 0 radical (unpaired) electrons. The van der Waals surface area contributed by atoms with E-state index in [4.69, 9.17) is 5.73 Å². The van der Waals surface area contributed by atoms with Gasteiger partial charge in [-0.05, 0) is 12.5 Å². The fraction of sp³-hybridized carbons (Fsp3) is 1.00. The molecule has 0 amide bonds. The standard InChI is InChI=1S/C6H13N2.K/c7-5-6-1-3-8-4-2-6;/h6H,1-5,7H2;/q-1;+1. The number of hydrogen-bond donors (Lipinski definition) is 1. The van der Waals surface area contributed by atoms with Gasteiger partial charge in [0.2, 0.25) is 0 Å². The Hall–Kier alpha value is 1.56. The van der Waals surface area contributed by atoms with E-state index in [0.717, 1.165) is 25.6 Å². The second-order valence-corrected chi connectivity index (χ2v) is 2.35. The van der Waals surface area contributed by atoms with Crippen molar-refractivity contribution in [3.63, 3.8) is 0 Å². The Morgan fingerprint density at radius 1 is 1.33 bits per heavy atom. The van der Waals surface area contributed by atoms with Gasteiger partial charge in [0.15, 0.2) is 0 Å². The van der Waals surface area contributed by atoms with Crippen LogP contribution in [0.25, 0.3) is 5.32 Å². The summed E-state index contributed by atoms with van der Waals surface area (Å²) in [7, 11) is 0. The van der Waals surface area contributed by atoms with Crippen LogP contribution in [0.2, 0.25) is 0 Å². The minimum Gasteiger partial charge on any atom is -0.662 e. The number of nitrogens with zero attached hydrogens (tertiary/aromatic N) is 1. The molecule has 2 nitrogen and oxygen atoms in total. The number of piperidine rings is 1. The minimum absolute atomic E-state index is 0. The van der Waals surface area contributed by atoms with Crippen LogP contribution in [0.15, 0.2) is 0 Å². The number of rotatable bonds is 1. The Balaban J connectivity index is 0.000000640. The Morgan fingerprint density at radius 2 is 1.89 bits per heavy atom. The summed E-state index contributed by atoms with van der Waals surface area (Å²) >= 11 is 0. The largest absolute Gasteiger partial charge is 1.00 e. The normalized spacial score (nSPS) is 21.0. The van der Waals surface area contributed by atoms with Crippen LogP contribution in [-0.4, -0.2) is 19.6 Å². The average Bonchev–Trinajstić information content (AvgIpc) is 1.90. The third-order valence-electron chi connectivity index (χ3n) is 1.72. The molecule has 0 spiro atoms. The van der Waals surface area contributed by atoms with Crippen molar-refractivity contribution in [1.29, 1.82) is 0 Å². The fourth-order valence-electron chi connectivity index (χ4n) is 1.04. The molecule has 1 rings (SSSR count). The van der Waals surface area contributed by atoms with Crippen molar-refractivity contribution in [2.24, 2.45) is 11.7 Å². The van der Waals surface area contributed by atoms with Crippen molar-refractivity contribution in [2.45, 2.75) is 12.8 Å². The molecule has 0 saturated carbocycles. The second kappa shape index (κ2) is 6.28. The van der Waals surface area contributed by atoms with Gasteiger partial charge in [-0.1, -0.05) is 12.8 Å². The van der Waals surface area contributed by atoms with Gasteiger partial charge in [0, 0.05) is 0 Å². The molecule has 1 heterocycles. The summed E-state index contributed by atoms with van der Waals surface area (Å²) in [5.41, 5.74) is 5.46. The topological polar surface area (TPSA) is 40.1 Å². The molecule has 9 heavy (non-hydrogen) atoms. The summed E-state index contributed by atoms with van der Waals surface area (Å²) in [5, 5.41) is 4.22. The van der Waals surface area contributed by atoms with Crippen molar-refractivity contribution in [3.8, 4) is 0 Å². The van der Waals surface area contributed by atoms with Crippen LogP contribution in [-0.2, 0) is 0 Å². The summed E-state index contributed by atoms with van der Waals surface area (Å²) < 4.78 is 0. The summed E-state index contributed by atoms with van der Waals surface area (Å²) in [6, 6.07) is 0. The van der Waals surface area contributed by atoms with Gasteiger partial charge in [0.05, 0.1) is 0 Å². The number of nitrogens with two attached hydrogens (primary N) is 1. The molecule has 3 heteroatoms. The zero-order valence-electron chi connectivity index (χ0n) is 6.14. The third kappa shape index (κ3) is 4.09. The quantitative estimate of drug-likeness (QED) is 0.423. The van der Waals surface area contributed by atoms with Gasteiger partial charge in [0.1, 0.15) is 0 Å². The molecule has 0 atom stereocenters. The minimum atomic E-state index is 0. The van der Waals surface area contributed by atoms with Crippen LogP contribution >= 0.6 is 0 Å². The van der Waals surface area contributed by atoms with Crippen LogP contribution in [0.5, 0.6) is 0 Å². The second-order valence-electron chi connectivity index (χ2n) is 2.35. The molecule has 0 bridgehead atoms. The third-order valence-corrected chi connectivity index (χ3v) is 1.72. The van der Waals surface area contributed by atoms with Crippen molar-refractivity contribution in [3.05, 3.63) is 5.32 Å². The fourth-order valence-corrected chi connectivity index (χ4v) is 1.04.